The summed E-state index contributed by atoms with van der Waals surface area (Å²) in [6.45, 7) is 0. The molecule has 0 atom stereocenters. The summed E-state index contributed by atoms with van der Waals surface area (Å²) in [6.07, 6.45) is 0. The van der Waals surface area contributed by atoms with E-state index in [0.29, 0.717) is 27.3 Å². The van der Waals surface area contributed by atoms with E-state index < -0.39 is 0 Å². The fourth-order valence-electron chi connectivity index (χ4n) is 1.90. The zero-order valence-corrected chi connectivity index (χ0v) is 13.0. The molecule has 0 unspecified atom stereocenters. The number of para-hydroxylation sites is 2. The monoisotopic (exact) mass is 330 g/mol. The van der Waals surface area contributed by atoms with Gasteiger partial charge in [-0.15, -0.1) is 0 Å². The van der Waals surface area contributed by atoms with Gasteiger partial charge in [-0.25, -0.2) is 0 Å². The van der Waals surface area contributed by atoms with E-state index in [9.17, 15) is 0 Å². The SMILES string of the molecule is Clc1ccccc1Oc1ccc(Oc2ccccc2)c(Cl)c1. The molecule has 0 heterocycles. The normalized spacial score (nSPS) is 10.3. The lowest BCUT2D eigenvalue weighted by molar-refractivity contribution is 0.469. The number of hydrogen-bond donors (Lipinski definition) is 0. The molecule has 3 aromatic carbocycles. The predicted octanol–water partition coefficient (Wildman–Crippen LogP) is 6.58. The highest BCUT2D eigenvalue weighted by atomic mass is 35.5. The van der Waals surface area contributed by atoms with E-state index in [1.807, 2.05) is 42.5 Å². The summed E-state index contributed by atoms with van der Waals surface area (Å²) in [5.74, 6) is 2.47. The molecule has 0 N–H and O–H groups in total. The van der Waals surface area contributed by atoms with Crippen LogP contribution in [0.5, 0.6) is 23.0 Å². The number of benzene rings is 3. The minimum Gasteiger partial charge on any atom is -0.456 e. The molecular weight excluding hydrogens is 319 g/mol. The molecule has 2 nitrogen and oxygen atoms in total. The van der Waals surface area contributed by atoms with Crippen LogP contribution in [0.15, 0.2) is 72.8 Å². The van der Waals surface area contributed by atoms with Gasteiger partial charge in [0.1, 0.15) is 23.0 Å². The second-order valence-electron chi connectivity index (χ2n) is 4.54. The fourth-order valence-corrected chi connectivity index (χ4v) is 2.28. The van der Waals surface area contributed by atoms with Gasteiger partial charge < -0.3 is 9.47 Å². The van der Waals surface area contributed by atoms with E-state index in [4.69, 9.17) is 32.7 Å². The summed E-state index contributed by atoms with van der Waals surface area (Å²) in [7, 11) is 0. The van der Waals surface area contributed by atoms with Gasteiger partial charge in [-0.1, -0.05) is 53.5 Å². The molecule has 3 rings (SSSR count). The molecule has 0 saturated heterocycles. The Balaban J connectivity index is 1.79. The Kier molecular flexibility index (Phi) is 4.52. The zero-order chi connectivity index (χ0) is 15.4. The van der Waals surface area contributed by atoms with E-state index in [0.717, 1.165) is 5.75 Å². The van der Waals surface area contributed by atoms with E-state index in [1.165, 1.54) is 0 Å². The lowest BCUT2D eigenvalue weighted by Gasteiger charge is -2.11. The number of rotatable bonds is 4. The van der Waals surface area contributed by atoms with Crippen molar-refractivity contribution in [3.63, 3.8) is 0 Å². The Morgan fingerprint density at radius 2 is 1.18 bits per heavy atom. The highest BCUT2D eigenvalue weighted by Gasteiger charge is 2.07. The van der Waals surface area contributed by atoms with Crippen molar-refractivity contribution < 1.29 is 9.47 Å². The average molecular weight is 331 g/mol. The number of halogens is 2. The van der Waals surface area contributed by atoms with Crippen molar-refractivity contribution >= 4 is 23.2 Å². The minimum absolute atomic E-state index is 0.466. The Labute approximate surface area is 138 Å². The maximum atomic E-state index is 6.25. The van der Waals surface area contributed by atoms with Crippen LogP contribution in [0.1, 0.15) is 0 Å². The van der Waals surface area contributed by atoms with Crippen molar-refractivity contribution in [1.82, 2.24) is 0 Å². The van der Waals surface area contributed by atoms with Crippen molar-refractivity contribution in [2.75, 3.05) is 0 Å². The third kappa shape index (κ3) is 3.53. The van der Waals surface area contributed by atoms with Gasteiger partial charge in [0.25, 0.3) is 0 Å². The molecule has 0 aliphatic carbocycles. The third-order valence-electron chi connectivity index (χ3n) is 2.94. The first-order chi connectivity index (χ1) is 10.7. The van der Waals surface area contributed by atoms with Gasteiger partial charge >= 0.3 is 0 Å². The first-order valence-electron chi connectivity index (χ1n) is 6.67. The van der Waals surface area contributed by atoms with E-state index in [-0.39, 0.29) is 0 Å². The minimum atomic E-state index is 0.466. The Bertz CT molecular complexity index is 773. The number of ether oxygens (including phenoxy) is 2. The summed E-state index contributed by atoms with van der Waals surface area (Å²) in [6, 6.07) is 22.0. The van der Waals surface area contributed by atoms with Crippen LogP contribution in [-0.4, -0.2) is 0 Å². The molecule has 0 aliphatic rings. The van der Waals surface area contributed by atoms with E-state index >= 15 is 0 Å². The maximum absolute atomic E-state index is 6.25. The van der Waals surface area contributed by atoms with Crippen molar-refractivity contribution in [2.45, 2.75) is 0 Å². The lowest BCUT2D eigenvalue weighted by atomic mass is 10.3. The largest absolute Gasteiger partial charge is 0.456 e. The lowest BCUT2D eigenvalue weighted by Crippen LogP contribution is -1.88. The van der Waals surface area contributed by atoms with Gasteiger partial charge in [0.15, 0.2) is 0 Å². The summed E-state index contributed by atoms with van der Waals surface area (Å²) in [5.41, 5.74) is 0. The molecule has 0 radical (unpaired) electrons. The average Bonchev–Trinajstić information content (AvgIpc) is 2.53. The molecule has 0 saturated carbocycles. The van der Waals surface area contributed by atoms with Crippen LogP contribution in [-0.2, 0) is 0 Å². The summed E-state index contributed by atoms with van der Waals surface area (Å²) >= 11 is 12.3. The molecular formula is C18H12Cl2O2. The Morgan fingerprint density at radius 3 is 1.91 bits per heavy atom. The van der Waals surface area contributed by atoms with Crippen LogP contribution in [0, 0.1) is 0 Å². The molecule has 0 spiro atoms. The summed E-state index contributed by atoms with van der Waals surface area (Å²) in [5, 5.41) is 1.01. The first kappa shape index (κ1) is 14.8. The molecule has 3 aromatic rings. The summed E-state index contributed by atoms with van der Waals surface area (Å²) < 4.78 is 11.4. The quantitative estimate of drug-likeness (QED) is 0.538. The van der Waals surface area contributed by atoms with Crippen LogP contribution in [0.4, 0.5) is 0 Å². The highest BCUT2D eigenvalue weighted by molar-refractivity contribution is 6.32. The van der Waals surface area contributed by atoms with Crippen LogP contribution >= 0.6 is 23.2 Å². The van der Waals surface area contributed by atoms with E-state index in [2.05, 4.69) is 0 Å². The van der Waals surface area contributed by atoms with Gasteiger partial charge in [-0.2, -0.15) is 0 Å². The van der Waals surface area contributed by atoms with Crippen molar-refractivity contribution in [1.29, 1.82) is 0 Å². The van der Waals surface area contributed by atoms with Crippen LogP contribution in [0.25, 0.3) is 0 Å². The standard InChI is InChI=1S/C18H12Cl2O2/c19-15-8-4-5-9-17(15)22-14-10-11-18(16(20)12-14)21-13-6-2-1-3-7-13/h1-12H. The van der Waals surface area contributed by atoms with Gasteiger partial charge in [-0.3, -0.25) is 0 Å². The Morgan fingerprint density at radius 1 is 0.545 bits per heavy atom. The maximum Gasteiger partial charge on any atom is 0.146 e. The van der Waals surface area contributed by atoms with Crippen LogP contribution in [0.2, 0.25) is 10.0 Å². The second kappa shape index (κ2) is 6.73. The molecule has 22 heavy (non-hydrogen) atoms. The topological polar surface area (TPSA) is 18.5 Å². The summed E-state index contributed by atoms with van der Waals surface area (Å²) in [4.78, 5) is 0. The molecule has 0 aromatic heterocycles. The first-order valence-corrected chi connectivity index (χ1v) is 7.43. The van der Waals surface area contributed by atoms with Crippen LogP contribution in [0.3, 0.4) is 0 Å². The Hall–Kier alpha value is -2.16. The number of hydrogen-bond acceptors (Lipinski definition) is 2. The highest BCUT2D eigenvalue weighted by Crippen LogP contribution is 2.35. The predicted molar refractivity (Wildman–Crippen MR) is 89.5 cm³/mol. The molecule has 0 aliphatic heterocycles. The fraction of sp³-hybridized carbons (Fsp3) is 0. The van der Waals surface area contributed by atoms with Crippen molar-refractivity contribution in [3.8, 4) is 23.0 Å². The molecule has 0 bridgehead atoms. The van der Waals surface area contributed by atoms with Gasteiger partial charge in [-0.05, 0) is 36.4 Å². The zero-order valence-electron chi connectivity index (χ0n) is 11.5. The van der Waals surface area contributed by atoms with Gasteiger partial charge in [0.2, 0.25) is 0 Å². The molecule has 110 valence electrons. The van der Waals surface area contributed by atoms with Crippen molar-refractivity contribution in [2.24, 2.45) is 0 Å². The molecule has 0 amide bonds. The van der Waals surface area contributed by atoms with Gasteiger partial charge in [0, 0.05) is 6.07 Å². The van der Waals surface area contributed by atoms with E-state index in [1.54, 1.807) is 30.3 Å². The smallest absolute Gasteiger partial charge is 0.146 e. The van der Waals surface area contributed by atoms with Gasteiger partial charge in [0.05, 0.1) is 10.0 Å². The second-order valence-corrected chi connectivity index (χ2v) is 5.35. The molecule has 4 heteroatoms. The van der Waals surface area contributed by atoms with Crippen LogP contribution < -0.4 is 9.47 Å². The van der Waals surface area contributed by atoms with Crippen molar-refractivity contribution in [3.05, 3.63) is 82.8 Å². The third-order valence-corrected chi connectivity index (χ3v) is 3.55. The molecule has 0 fully saturated rings.